The number of urea groups is 1. The van der Waals surface area contributed by atoms with Gasteiger partial charge in [0.1, 0.15) is 5.75 Å². The van der Waals surface area contributed by atoms with E-state index in [0.29, 0.717) is 11.4 Å². The van der Waals surface area contributed by atoms with Crippen molar-refractivity contribution in [3.05, 3.63) is 59.7 Å². The summed E-state index contributed by atoms with van der Waals surface area (Å²) in [6.07, 6.45) is -0.831. The van der Waals surface area contributed by atoms with Crippen molar-refractivity contribution in [2.75, 3.05) is 5.32 Å². The smallest absolute Gasteiger partial charge is 0.410 e. The highest BCUT2D eigenvalue weighted by Gasteiger charge is 2.10. The average Bonchev–Trinajstić information content (AvgIpc) is 2.43. The van der Waals surface area contributed by atoms with Crippen LogP contribution in [-0.4, -0.2) is 12.1 Å². The van der Waals surface area contributed by atoms with E-state index in [9.17, 15) is 9.59 Å². The third-order valence-electron chi connectivity index (χ3n) is 2.93. The van der Waals surface area contributed by atoms with E-state index in [-0.39, 0.29) is 0 Å². The van der Waals surface area contributed by atoms with Crippen LogP contribution in [0.2, 0.25) is 0 Å². The molecule has 0 saturated heterocycles. The number of hydrogen-bond donors (Lipinski definition) is 2. The normalized spacial score (nSPS) is 9.81. The molecule has 0 aliphatic heterocycles. The van der Waals surface area contributed by atoms with Gasteiger partial charge in [0.05, 0.1) is 0 Å². The van der Waals surface area contributed by atoms with Crippen LogP contribution in [0.4, 0.5) is 15.3 Å². The molecule has 2 aromatic rings. The van der Waals surface area contributed by atoms with Gasteiger partial charge >= 0.3 is 12.1 Å². The topological polar surface area (TPSA) is 67.4 Å². The second-order valence-electron chi connectivity index (χ2n) is 4.58. The average molecular weight is 284 g/mol. The summed E-state index contributed by atoms with van der Waals surface area (Å²) >= 11 is 0. The molecule has 21 heavy (non-hydrogen) atoms. The number of ether oxygens (including phenoxy) is 1. The Morgan fingerprint density at radius 1 is 0.952 bits per heavy atom. The lowest BCUT2D eigenvalue weighted by Gasteiger charge is -2.09. The summed E-state index contributed by atoms with van der Waals surface area (Å²) in [5, 5.41) is 4.68. The lowest BCUT2D eigenvalue weighted by molar-refractivity contribution is 0.199. The van der Waals surface area contributed by atoms with Crippen molar-refractivity contribution < 1.29 is 14.3 Å². The summed E-state index contributed by atoms with van der Waals surface area (Å²) in [5.74, 6) is 0.369. The van der Waals surface area contributed by atoms with E-state index in [0.717, 1.165) is 11.1 Å². The van der Waals surface area contributed by atoms with Crippen LogP contribution in [0.15, 0.2) is 48.5 Å². The fourth-order valence-corrected chi connectivity index (χ4v) is 1.70. The highest BCUT2D eigenvalue weighted by molar-refractivity contribution is 5.99. The number of carbonyl (C=O) groups excluding carboxylic acids is 2. The Morgan fingerprint density at radius 3 is 2.33 bits per heavy atom. The zero-order valence-corrected chi connectivity index (χ0v) is 11.8. The van der Waals surface area contributed by atoms with Crippen molar-refractivity contribution in [1.29, 1.82) is 0 Å². The third kappa shape index (κ3) is 4.35. The van der Waals surface area contributed by atoms with Crippen LogP contribution in [0.1, 0.15) is 11.1 Å². The predicted octanol–water partition coefficient (Wildman–Crippen LogP) is 3.62. The van der Waals surface area contributed by atoms with Crippen LogP contribution >= 0.6 is 0 Å². The number of para-hydroxylation sites is 1. The molecule has 108 valence electrons. The molecule has 0 aliphatic carbocycles. The molecule has 0 radical (unpaired) electrons. The molecule has 3 amide bonds. The van der Waals surface area contributed by atoms with Crippen molar-refractivity contribution in [2.45, 2.75) is 13.8 Å². The fourth-order valence-electron chi connectivity index (χ4n) is 1.70. The van der Waals surface area contributed by atoms with Gasteiger partial charge in [-0.15, -0.1) is 0 Å². The van der Waals surface area contributed by atoms with Gasteiger partial charge in [0.15, 0.2) is 0 Å². The van der Waals surface area contributed by atoms with Crippen LogP contribution in [0, 0.1) is 13.8 Å². The number of carbonyl (C=O) groups is 2. The molecule has 5 nitrogen and oxygen atoms in total. The van der Waals surface area contributed by atoms with Crippen molar-refractivity contribution in [1.82, 2.24) is 5.32 Å². The first-order valence-corrected chi connectivity index (χ1v) is 6.47. The van der Waals surface area contributed by atoms with E-state index < -0.39 is 12.1 Å². The standard InChI is InChI=1S/C16H16N2O3/c1-11-8-9-13(10-12(11)2)17-15(19)18-16(20)21-14-6-4-3-5-7-14/h3-10H,1-2H3,(H2,17,18,19,20). The SMILES string of the molecule is Cc1ccc(NC(=O)NC(=O)Oc2ccccc2)cc1C. The van der Waals surface area contributed by atoms with Crippen molar-refractivity contribution in [3.63, 3.8) is 0 Å². The van der Waals surface area contributed by atoms with E-state index in [2.05, 4.69) is 10.6 Å². The van der Waals surface area contributed by atoms with Crippen LogP contribution in [0.3, 0.4) is 0 Å². The van der Waals surface area contributed by atoms with Gasteiger partial charge in [-0.1, -0.05) is 24.3 Å². The summed E-state index contributed by atoms with van der Waals surface area (Å²) in [6.45, 7) is 3.93. The molecule has 0 unspecified atom stereocenters. The molecule has 0 fully saturated rings. The third-order valence-corrected chi connectivity index (χ3v) is 2.93. The summed E-state index contributed by atoms with van der Waals surface area (Å²) in [4.78, 5) is 23.2. The molecule has 0 bridgehead atoms. The zero-order chi connectivity index (χ0) is 15.2. The Hall–Kier alpha value is -2.82. The molecule has 0 spiro atoms. The number of aryl methyl sites for hydroxylation is 2. The van der Waals surface area contributed by atoms with Crippen molar-refractivity contribution in [2.24, 2.45) is 0 Å². The molecule has 0 aromatic heterocycles. The maximum Gasteiger partial charge on any atom is 0.420 e. The van der Waals surface area contributed by atoms with Crippen molar-refractivity contribution >= 4 is 17.8 Å². The highest BCUT2D eigenvalue weighted by atomic mass is 16.6. The molecule has 0 aliphatic rings. The van der Waals surface area contributed by atoms with Crippen molar-refractivity contribution in [3.8, 4) is 5.75 Å². The summed E-state index contributed by atoms with van der Waals surface area (Å²) in [6, 6.07) is 13.4. The maximum absolute atomic E-state index is 11.7. The van der Waals surface area contributed by atoms with E-state index in [1.807, 2.05) is 26.0 Å². The Morgan fingerprint density at radius 2 is 1.67 bits per heavy atom. The molecule has 0 saturated carbocycles. The number of benzene rings is 2. The first kappa shape index (κ1) is 14.6. The predicted molar refractivity (Wildman–Crippen MR) is 80.5 cm³/mol. The number of amides is 3. The van der Waals surface area contributed by atoms with Gasteiger partial charge in [-0.05, 0) is 49.2 Å². The van der Waals surface area contributed by atoms with Gasteiger partial charge in [0.25, 0.3) is 0 Å². The van der Waals surface area contributed by atoms with Gasteiger partial charge in [-0.3, -0.25) is 0 Å². The Kier molecular flexibility index (Phi) is 4.56. The first-order valence-electron chi connectivity index (χ1n) is 6.47. The van der Waals surface area contributed by atoms with E-state index in [4.69, 9.17) is 4.74 Å². The van der Waals surface area contributed by atoms with Crippen LogP contribution in [0.25, 0.3) is 0 Å². The molecule has 2 N–H and O–H groups in total. The van der Waals surface area contributed by atoms with Gasteiger partial charge in [-0.2, -0.15) is 0 Å². The molecular weight excluding hydrogens is 268 g/mol. The number of hydrogen-bond acceptors (Lipinski definition) is 3. The number of imide groups is 1. The van der Waals surface area contributed by atoms with E-state index in [1.165, 1.54) is 0 Å². The second-order valence-corrected chi connectivity index (χ2v) is 4.58. The summed E-state index contributed by atoms with van der Waals surface area (Å²) in [5.41, 5.74) is 2.80. The largest absolute Gasteiger partial charge is 0.420 e. The summed E-state index contributed by atoms with van der Waals surface area (Å²) < 4.78 is 4.95. The van der Waals surface area contributed by atoms with E-state index in [1.54, 1.807) is 36.4 Å². The Bertz CT molecular complexity index is 654. The maximum atomic E-state index is 11.7. The van der Waals surface area contributed by atoms with E-state index >= 15 is 0 Å². The molecular formula is C16H16N2O3. The fraction of sp³-hybridized carbons (Fsp3) is 0.125. The number of anilines is 1. The minimum Gasteiger partial charge on any atom is -0.410 e. The minimum atomic E-state index is -0.831. The second kappa shape index (κ2) is 6.56. The monoisotopic (exact) mass is 284 g/mol. The van der Waals surface area contributed by atoms with Gasteiger partial charge < -0.3 is 10.1 Å². The lowest BCUT2D eigenvalue weighted by atomic mass is 10.1. The van der Waals surface area contributed by atoms with Crippen LogP contribution < -0.4 is 15.4 Å². The molecule has 5 heteroatoms. The minimum absolute atomic E-state index is 0.369. The lowest BCUT2D eigenvalue weighted by Crippen LogP contribution is -2.36. The van der Waals surface area contributed by atoms with Crippen LogP contribution in [-0.2, 0) is 0 Å². The first-order chi connectivity index (χ1) is 10.0. The van der Waals surface area contributed by atoms with Gasteiger partial charge in [-0.25, -0.2) is 14.9 Å². The van der Waals surface area contributed by atoms with Gasteiger partial charge in [0.2, 0.25) is 0 Å². The quantitative estimate of drug-likeness (QED) is 0.885. The number of nitrogens with one attached hydrogen (secondary N) is 2. The zero-order valence-electron chi connectivity index (χ0n) is 11.8. The Labute approximate surface area is 122 Å². The number of rotatable bonds is 2. The highest BCUT2D eigenvalue weighted by Crippen LogP contribution is 2.14. The Balaban J connectivity index is 1.89. The summed E-state index contributed by atoms with van der Waals surface area (Å²) in [7, 11) is 0. The molecule has 0 heterocycles. The van der Waals surface area contributed by atoms with Crippen LogP contribution in [0.5, 0.6) is 5.75 Å². The molecule has 0 atom stereocenters. The molecule has 2 rings (SSSR count). The molecule has 2 aromatic carbocycles. The van der Waals surface area contributed by atoms with Gasteiger partial charge in [0, 0.05) is 5.69 Å².